The van der Waals surface area contributed by atoms with Gasteiger partial charge >= 0.3 is 0 Å². The lowest BCUT2D eigenvalue weighted by Crippen LogP contribution is -2.49. The Balaban J connectivity index is 2.02. The topological polar surface area (TPSA) is 35.2 Å². The Bertz CT molecular complexity index is 211. The van der Waals surface area contributed by atoms with Gasteiger partial charge in [-0.3, -0.25) is 0 Å². The summed E-state index contributed by atoms with van der Waals surface area (Å²) in [4.78, 5) is 0. The highest BCUT2D eigenvalue weighted by Gasteiger charge is 2.39. The SMILES string of the molecule is CC1CC(C)CC(C2(N)CCCOCC2)C1. The van der Waals surface area contributed by atoms with E-state index in [4.69, 9.17) is 10.5 Å². The molecule has 3 atom stereocenters. The molecule has 1 heterocycles. The molecule has 0 radical (unpaired) electrons. The lowest BCUT2D eigenvalue weighted by atomic mass is 9.66. The molecule has 1 saturated carbocycles. The van der Waals surface area contributed by atoms with Crippen LogP contribution in [0.5, 0.6) is 0 Å². The monoisotopic (exact) mass is 225 g/mol. The summed E-state index contributed by atoms with van der Waals surface area (Å²) in [7, 11) is 0. The molecular weight excluding hydrogens is 198 g/mol. The molecule has 2 heteroatoms. The van der Waals surface area contributed by atoms with Crippen molar-refractivity contribution in [3.05, 3.63) is 0 Å². The Morgan fingerprint density at radius 2 is 1.69 bits per heavy atom. The molecule has 0 aromatic heterocycles. The number of hydrogen-bond donors (Lipinski definition) is 1. The van der Waals surface area contributed by atoms with Gasteiger partial charge in [-0.25, -0.2) is 0 Å². The van der Waals surface area contributed by atoms with Gasteiger partial charge < -0.3 is 10.5 Å². The van der Waals surface area contributed by atoms with E-state index in [-0.39, 0.29) is 5.54 Å². The fraction of sp³-hybridized carbons (Fsp3) is 1.00. The fourth-order valence-corrected chi connectivity index (χ4v) is 3.82. The number of hydrogen-bond acceptors (Lipinski definition) is 2. The predicted octanol–water partition coefficient (Wildman–Crippen LogP) is 2.96. The Kier molecular flexibility index (Phi) is 3.91. The lowest BCUT2D eigenvalue weighted by Gasteiger charge is -2.43. The van der Waals surface area contributed by atoms with Gasteiger partial charge in [-0.2, -0.15) is 0 Å². The first kappa shape index (κ1) is 12.4. The molecule has 3 unspecified atom stereocenters. The maximum Gasteiger partial charge on any atom is 0.0483 e. The van der Waals surface area contributed by atoms with E-state index in [9.17, 15) is 0 Å². The third-order valence-electron chi connectivity index (χ3n) is 4.63. The molecule has 0 amide bonds. The fourth-order valence-electron chi connectivity index (χ4n) is 3.82. The minimum absolute atomic E-state index is 0.0689. The second kappa shape index (κ2) is 5.05. The summed E-state index contributed by atoms with van der Waals surface area (Å²) in [5.74, 6) is 2.45. The molecule has 0 aromatic carbocycles. The van der Waals surface area contributed by atoms with E-state index < -0.39 is 0 Å². The van der Waals surface area contributed by atoms with Gasteiger partial charge in [0.15, 0.2) is 0 Å². The van der Waals surface area contributed by atoms with Gasteiger partial charge in [0.1, 0.15) is 0 Å². The van der Waals surface area contributed by atoms with Crippen molar-refractivity contribution in [1.82, 2.24) is 0 Å². The summed E-state index contributed by atoms with van der Waals surface area (Å²) in [6.07, 6.45) is 7.44. The summed E-state index contributed by atoms with van der Waals surface area (Å²) in [5, 5.41) is 0. The van der Waals surface area contributed by atoms with E-state index in [1.54, 1.807) is 0 Å². The molecule has 1 aliphatic carbocycles. The Morgan fingerprint density at radius 3 is 2.38 bits per heavy atom. The first-order valence-electron chi connectivity index (χ1n) is 6.97. The van der Waals surface area contributed by atoms with Gasteiger partial charge in [0, 0.05) is 18.8 Å². The predicted molar refractivity (Wildman–Crippen MR) is 67.3 cm³/mol. The van der Waals surface area contributed by atoms with Crippen LogP contribution in [0, 0.1) is 17.8 Å². The van der Waals surface area contributed by atoms with Crippen molar-refractivity contribution in [2.75, 3.05) is 13.2 Å². The molecule has 16 heavy (non-hydrogen) atoms. The maximum atomic E-state index is 6.68. The molecule has 0 bridgehead atoms. The zero-order valence-electron chi connectivity index (χ0n) is 10.9. The molecule has 2 aliphatic rings. The third kappa shape index (κ3) is 2.78. The Hall–Kier alpha value is -0.0800. The van der Waals surface area contributed by atoms with Crippen molar-refractivity contribution in [2.45, 2.75) is 57.9 Å². The molecule has 2 nitrogen and oxygen atoms in total. The minimum atomic E-state index is 0.0689. The summed E-state index contributed by atoms with van der Waals surface area (Å²) in [6.45, 7) is 6.56. The van der Waals surface area contributed by atoms with Gasteiger partial charge in [-0.05, 0) is 56.3 Å². The van der Waals surface area contributed by atoms with Crippen LogP contribution in [0.25, 0.3) is 0 Å². The zero-order valence-corrected chi connectivity index (χ0v) is 10.9. The molecule has 2 rings (SSSR count). The van der Waals surface area contributed by atoms with Crippen LogP contribution in [0.3, 0.4) is 0 Å². The largest absolute Gasteiger partial charge is 0.381 e. The molecular formula is C14H27NO. The van der Waals surface area contributed by atoms with E-state index in [1.807, 2.05) is 0 Å². The quantitative estimate of drug-likeness (QED) is 0.744. The minimum Gasteiger partial charge on any atom is -0.381 e. The van der Waals surface area contributed by atoms with Crippen LogP contribution in [-0.4, -0.2) is 18.8 Å². The molecule has 2 N–H and O–H groups in total. The normalized spacial score (nSPS) is 46.3. The Morgan fingerprint density at radius 1 is 1.00 bits per heavy atom. The van der Waals surface area contributed by atoms with Gasteiger partial charge in [0.2, 0.25) is 0 Å². The second-order valence-electron chi connectivity index (χ2n) is 6.31. The highest BCUT2D eigenvalue weighted by atomic mass is 16.5. The summed E-state index contributed by atoms with van der Waals surface area (Å²) >= 11 is 0. The van der Waals surface area contributed by atoms with E-state index in [0.717, 1.165) is 50.2 Å². The average molecular weight is 225 g/mol. The summed E-state index contributed by atoms with van der Waals surface area (Å²) in [6, 6.07) is 0. The van der Waals surface area contributed by atoms with E-state index in [1.165, 1.54) is 19.3 Å². The van der Waals surface area contributed by atoms with E-state index in [0.29, 0.717) is 0 Å². The van der Waals surface area contributed by atoms with Gasteiger partial charge in [0.25, 0.3) is 0 Å². The van der Waals surface area contributed by atoms with Crippen LogP contribution in [0.2, 0.25) is 0 Å². The Labute approximate surface area is 99.9 Å². The van der Waals surface area contributed by atoms with Gasteiger partial charge in [-0.15, -0.1) is 0 Å². The van der Waals surface area contributed by atoms with Crippen molar-refractivity contribution in [3.63, 3.8) is 0 Å². The average Bonchev–Trinajstić information content (AvgIpc) is 2.43. The number of rotatable bonds is 1. The smallest absolute Gasteiger partial charge is 0.0483 e. The molecule has 1 aliphatic heterocycles. The van der Waals surface area contributed by atoms with Crippen molar-refractivity contribution >= 4 is 0 Å². The summed E-state index contributed by atoms with van der Waals surface area (Å²) < 4.78 is 5.55. The van der Waals surface area contributed by atoms with Crippen LogP contribution in [-0.2, 0) is 4.74 Å². The standard InChI is InChI=1S/C14H27NO/c1-11-8-12(2)10-13(9-11)14(15)4-3-6-16-7-5-14/h11-13H,3-10,15H2,1-2H3. The molecule has 1 saturated heterocycles. The van der Waals surface area contributed by atoms with Gasteiger partial charge in [0.05, 0.1) is 0 Å². The summed E-state index contributed by atoms with van der Waals surface area (Å²) in [5.41, 5.74) is 6.75. The molecule has 94 valence electrons. The van der Waals surface area contributed by atoms with Crippen LogP contribution < -0.4 is 5.73 Å². The van der Waals surface area contributed by atoms with E-state index >= 15 is 0 Å². The number of ether oxygens (including phenoxy) is 1. The first-order valence-corrected chi connectivity index (χ1v) is 6.97. The van der Waals surface area contributed by atoms with Crippen molar-refractivity contribution in [3.8, 4) is 0 Å². The molecule has 2 fully saturated rings. The third-order valence-corrected chi connectivity index (χ3v) is 4.63. The van der Waals surface area contributed by atoms with Crippen LogP contribution in [0.15, 0.2) is 0 Å². The lowest BCUT2D eigenvalue weighted by molar-refractivity contribution is 0.105. The zero-order chi connectivity index (χ0) is 11.6. The first-order chi connectivity index (χ1) is 7.60. The van der Waals surface area contributed by atoms with Crippen LogP contribution >= 0.6 is 0 Å². The van der Waals surface area contributed by atoms with Crippen molar-refractivity contribution in [1.29, 1.82) is 0 Å². The maximum absolute atomic E-state index is 6.68. The molecule has 0 spiro atoms. The number of nitrogens with two attached hydrogens (primary N) is 1. The highest BCUT2D eigenvalue weighted by Crippen LogP contribution is 2.41. The van der Waals surface area contributed by atoms with Gasteiger partial charge in [-0.1, -0.05) is 13.8 Å². The van der Waals surface area contributed by atoms with Crippen molar-refractivity contribution in [2.24, 2.45) is 23.5 Å². The van der Waals surface area contributed by atoms with Crippen LogP contribution in [0.1, 0.15) is 52.4 Å². The van der Waals surface area contributed by atoms with Crippen LogP contribution in [0.4, 0.5) is 0 Å². The van der Waals surface area contributed by atoms with E-state index in [2.05, 4.69) is 13.8 Å². The second-order valence-corrected chi connectivity index (χ2v) is 6.31. The van der Waals surface area contributed by atoms with Crippen molar-refractivity contribution < 1.29 is 4.74 Å². The molecule has 0 aromatic rings. The highest BCUT2D eigenvalue weighted by molar-refractivity contribution is 4.95.